The number of anilines is 1. The van der Waals surface area contributed by atoms with E-state index in [4.69, 9.17) is 11.5 Å². The second-order valence-electron chi connectivity index (χ2n) is 6.94. The van der Waals surface area contributed by atoms with Gasteiger partial charge >= 0.3 is 0 Å². The standard InChI is InChI=1S/C20H24N6OS/c1-25(10-15-6-3-2-5-14(15)9-21)20(27)19-18(17(23)12-28-19)24-13-26-8-4-7-16(22)11-26/h2-3,5-6,12-13,16H,4,7-8,10-11,22-23H2,1H3/t16-/m1/s1. The van der Waals surface area contributed by atoms with E-state index >= 15 is 0 Å². The highest BCUT2D eigenvalue weighted by atomic mass is 32.1. The van der Waals surface area contributed by atoms with Gasteiger partial charge in [0, 0.05) is 38.1 Å². The molecule has 4 N–H and O–H groups in total. The van der Waals surface area contributed by atoms with E-state index in [9.17, 15) is 10.1 Å². The molecule has 7 nitrogen and oxygen atoms in total. The van der Waals surface area contributed by atoms with Crippen molar-refractivity contribution < 1.29 is 4.79 Å². The van der Waals surface area contributed by atoms with Crippen LogP contribution in [0.2, 0.25) is 0 Å². The molecule has 0 aliphatic carbocycles. The van der Waals surface area contributed by atoms with E-state index in [1.54, 1.807) is 29.7 Å². The summed E-state index contributed by atoms with van der Waals surface area (Å²) in [5.41, 5.74) is 14.4. The summed E-state index contributed by atoms with van der Waals surface area (Å²) in [6, 6.07) is 9.57. The molecule has 0 spiro atoms. The number of hydrogen-bond acceptors (Lipinski definition) is 6. The van der Waals surface area contributed by atoms with Gasteiger partial charge in [0.05, 0.1) is 23.7 Å². The predicted octanol–water partition coefficient (Wildman–Crippen LogP) is 2.56. The number of carbonyl (C=O) groups is 1. The Morgan fingerprint density at radius 2 is 2.29 bits per heavy atom. The minimum Gasteiger partial charge on any atom is -0.396 e. The van der Waals surface area contributed by atoms with Gasteiger partial charge in [-0.1, -0.05) is 18.2 Å². The van der Waals surface area contributed by atoms with E-state index in [-0.39, 0.29) is 11.9 Å². The summed E-state index contributed by atoms with van der Waals surface area (Å²) in [6.45, 7) is 1.99. The monoisotopic (exact) mass is 396 g/mol. The molecule has 2 heterocycles. The number of amides is 1. The number of thiophene rings is 1. The van der Waals surface area contributed by atoms with Crippen molar-refractivity contribution in [2.24, 2.45) is 10.7 Å². The Balaban J connectivity index is 1.76. The minimum absolute atomic E-state index is 0.146. The lowest BCUT2D eigenvalue weighted by atomic mass is 10.1. The molecule has 0 radical (unpaired) electrons. The van der Waals surface area contributed by atoms with E-state index in [0.29, 0.717) is 28.4 Å². The van der Waals surface area contributed by atoms with Crippen LogP contribution in [0.3, 0.4) is 0 Å². The minimum atomic E-state index is -0.170. The Hall–Kier alpha value is -2.89. The van der Waals surface area contributed by atoms with Crippen LogP contribution in [0.4, 0.5) is 11.4 Å². The summed E-state index contributed by atoms with van der Waals surface area (Å²) in [5, 5.41) is 11.0. The van der Waals surface area contributed by atoms with Gasteiger partial charge in [-0.25, -0.2) is 4.99 Å². The lowest BCUT2D eigenvalue weighted by Gasteiger charge is -2.28. The highest BCUT2D eigenvalue weighted by molar-refractivity contribution is 7.13. The van der Waals surface area contributed by atoms with Crippen LogP contribution in [0.1, 0.15) is 33.6 Å². The van der Waals surface area contributed by atoms with Crippen molar-refractivity contribution in [3.63, 3.8) is 0 Å². The number of nitriles is 1. The first-order chi connectivity index (χ1) is 13.5. The maximum Gasteiger partial charge on any atom is 0.266 e. The van der Waals surface area contributed by atoms with Crippen molar-refractivity contribution in [1.82, 2.24) is 9.80 Å². The SMILES string of the molecule is CN(Cc1ccccc1C#N)C(=O)c1scc(N)c1N=CN1CCC[C@@H](N)C1. The molecule has 8 heteroatoms. The maximum atomic E-state index is 13.0. The topological polar surface area (TPSA) is 112 Å². The molecule has 1 saturated heterocycles. The molecule has 1 amide bonds. The second kappa shape index (κ2) is 8.87. The summed E-state index contributed by atoms with van der Waals surface area (Å²) >= 11 is 1.28. The summed E-state index contributed by atoms with van der Waals surface area (Å²) in [4.78, 5) is 21.6. The first kappa shape index (κ1) is 19.9. The van der Waals surface area contributed by atoms with Crippen LogP contribution in [0.15, 0.2) is 34.6 Å². The summed E-state index contributed by atoms with van der Waals surface area (Å²) in [7, 11) is 1.71. The zero-order valence-electron chi connectivity index (χ0n) is 15.8. The number of nitrogens with zero attached hydrogens (tertiary/aromatic N) is 4. The zero-order chi connectivity index (χ0) is 20.1. The van der Waals surface area contributed by atoms with Gasteiger partial charge in [0.1, 0.15) is 10.6 Å². The van der Waals surface area contributed by atoms with Gasteiger partial charge in [-0.05, 0) is 24.5 Å². The molecule has 1 fully saturated rings. The summed E-state index contributed by atoms with van der Waals surface area (Å²) in [6.07, 6.45) is 3.78. The predicted molar refractivity (Wildman–Crippen MR) is 113 cm³/mol. The molecule has 1 aromatic carbocycles. The van der Waals surface area contributed by atoms with Gasteiger partial charge in [0.25, 0.3) is 5.91 Å². The van der Waals surface area contributed by atoms with E-state index < -0.39 is 0 Å². The molecule has 28 heavy (non-hydrogen) atoms. The van der Waals surface area contributed by atoms with Crippen LogP contribution < -0.4 is 11.5 Å². The maximum absolute atomic E-state index is 13.0. The Kier molecular flexibility index (Phi) is 6.29. The van der Waals surface area contributed by atoms with Crippen LogP contribution in [0.25, 0.3) is 0 Å². The number of nitrogen functional groups attached to an aromatic ring is 1. The first-order valence-electron chi connectivity index (χ1n) is 9.14. The third kappa shape index (κ3) is 4.50. The Labute approximate surface area is 168 Å². The van der Waals surface area contributed by atoms with Gasteiger partial charge in [0.15, 0.2) is 0 Å². The molecule has 2 aromatic rings. The number of carbonyl (C=O) groups excluding carboxylic acids is 1. The Bertz CT molecular complexity index is 916. The van der Waals surface area contributed by atoms with Crippen molar-refractivity contribution in [2.75, 3.05) is 25.9 Å². The van der Waals surface area contributed by atoms with Gasteiger partial charge in [-0.3, -0.25) is 4.79 Å². The lowest BCUT2D eigenvalue weighted by Crippen LogP contribution is -2.41. The average molecular weight is 397 g/mol. The van der Waals surface area contributed by atoms with Crippen molar-refractivity contribution in [3.05, 3.63) is 45.6 Å². The smallest absolute Gasteiger partial charge is 0.266 e. The molecular weight excluding hydrogens is 372 g/mol. The van der Waals surface area contributed by atoms with Gasteiger partial charge in [-0.2, -0.15) is 5.26 Å². The molecule has 0 unspecified atom stereocenters. The van der Waals surface area contributed by atoms with Crippen molar-refractivity contribution in [1.29, 1.82) is 5.26 Å². The average Bonchev–Trinajstić information content (AvgIpc) is 3.06. The number of rotatable bonds is 5. The highest BCUT2D eigenvalue weighted by Crippen LogP contribution is 2.34. The molecule has 1 aromatic heterocycles. The number of benzene rings is 1. The molecular formula is C20H24N6OS. The fourth-order valence-electron chi connectivity index (χ4n) is 3.20. The van der Waals surface area contributed by atoms with E-state index in [1.807, 2.05) is 18.2 Å². The van der Waals surface area contributed by atoms with Gasteiger partial charge in [0.2, 0.25) is 0 Å². The second-order valence-corrected chi connectivity index (χ2v) is 7.82. The highest BCUT2D eigenvalue weighted by Gasteiger charge is 2.21. The normalized spacial score (nSPS) is 16.9. The third-order valence-electron chi connectivity index (χ3n) is 4.72. The summed E-state index contributed by atoms with van der Waals surface area (Å²) in [5.74, 6) is -0.170. The van der Waals surface area contributed by atoms with Gasteiger partial charge in [-0.15, -0.1) is 11.3 Å². The van der Waals surface area contributed by atoms with Crippen molar-refractivity contribution in [3.8, 4) is 6.07 Å². The number of piperidine rings is 1. The molecule has 0 saturated carbocycles. The molecule has 1 aliphatic rings. The molecule has 1 atom stereocenters. The first-order valence-corrected chi connectivity index (χ1v) is 10.0. The van der Waals surface area contributed by atoms with Crippen LogP contribution in [0.5, 0.6) is 0 Å². The van der Waals surface area contributed by atoms with Crippen LogP contribution in [-0.4, -0.2) is 48.2 Å². The molecule has 1 aliphatic heterocycles. The zero-order valence-corrected chi connectivity index (χ0v) is 16.7. The Morgan fingerprint density at radius 3 is 3.04 bits per heavy atom. The Morgan fingerprint density at radius 1 is 1.50 bits per heavy atom. The van der Waals surface area contributed by atoms with Crippen LogP contribution >= 0.6 is 11.3 Å². The lowest BCUT2D eigenvalue weighted by molar-refractivity contribution is 0.0790. The van der Waals surface area contributed by atoms with E-state index in [0.717, 1.165) is 31.5 Å². The fraction of sp³-hybridized carbons (Fsp3) is 0.350. The fourth-order valence-corrected chi connectivity index (χ4v) is 4.10. The molecule has 146 valence electrons. The van der Waals surface area contributed by atoms with Crippen molar-refractivity contribution >= 4 is 35.0 Å². The third-order valence-corrected chi connectivity index (χ3v) is 5.69. The molecule has 0 bridgehead atoms. The van der Waals surface area contributed by atoms with E-state index in [1.165, 1.54) is 11.3 Å². The van der Waals surface area contributed by atoms with Crippen molar-refractivity contribution in [2.45, 2.75) is 25.4 Å². The summed E-state index contributed by atoms with van der Waals surface area (Å²) < 4.78 is 0. The van der Waals surface area contributed by atoms with Gasteiger partial charge < -0.3 is 21.3 Å². The number of hydrogen-bond donors (Lipinski definition) is 2. The van der Waals surface area contributed by atoms with Crippen LogP contribution in [-0.2, 0) is 6.54 Å². The quantitative estimate of drug-likeness (QED) is 0.596. The number of likely N-dealkylation sites (tertiary alicyclic amines) is 1. The number of aliphatic imine (C=N–C) groups is 1. The van der Waals surface area contributed by atoms with E-state index in [2.05, 4.69) is 16.0 Å². The molecule has 3 rings (SSSR count). The number of nitrogens with two attached hydrogens (primary N) is 2. The van der Waals surface area contributed by atoms with Crippen LogP contribution in [0, 0.1) is 11.3 Å². The largest absolute Gasteiger partial charge is 0.396 e.